The van der Waals surface area contributed by atoms with Crippen LogP contribution in [0.25, 0.3) is 10.6 Å². The van der Waals surface area contributed by atoms with E-state index in [1.807, 2.05) is 20.8 Å². The van der Waals surface area contributed by atoms with Crippen molar-refractivity contribution >= 4 is 34.8 Å². The van der Waals surface area contributed by atoms with E-state index in [0.29, 0.717) is 11.6 Å². The van der Waals surface area contributed by atoms with Crippen LogP contribution in [0, 0.1) is 13.8 Å². The van der Waals surface area contributed by atoms with Crippen LogP contribution in [0.1, 0.15) is 30.9 Å². The molecule has 1 unspecified atom stereocenters. The smallest absolute Gasteiger partial charge is 0.243 e. The molecule has 1 atom stereocenters. The van der Waals surface area contributed by atoms with Crippen molar-refractivity contribution < 1.29 is 4.79 Å². The zero-order valence-corrected chi connectivity index (χ0v) is 14.6. The molecule has 1 heterocycles. The van der Waals surface area contributed by atoms with Gasteiger partial charge >= 0.3 is 0 Å². The molecule has 0 fully saturated rings. The molecule has 1 aromatic heterocycles. The van der Waals surface area contributed by atoms with Crippen molar-refractivity contribution in [3.05, 3.63) is 29.3 Å². The molecule has 5 nitrogen and oxygen atoms in total. The number of nitrogens with one attached hydrogen (secondary N) is 1. The number of benzene rings is 1. The third-order valence-electron chi connectivity index (χ3n) is 3.06. The molecular weight excluding hydrogens is 320 g/mol. The molecule has 1 amide bonds. The maximum atomic E-state index is 11.9. The summed E-state index contributed by atoms with van der Waals surface area (Å²) in [6, 6.07) is 5.73. The average Bonchev–Trinajstić information content (AvgIpc) is 2.86. The molecule has 0 radical (unpaired) electrons. The van der Waals surface area contributed by atoms with Crippen LogP contribution < -0.4 is 11.1 Å². The van der Waals surface area contributed by atoms with E-state index in [-0.39, 0.29) is 18.3 Å². The first kappa shape index (κ1) is 18.5. The molecule has 120 valence electrons. The van der Waals surface area contributed by atoms with Crippen LogP contribution in [0.3, 0.4) is 0 Å². The van der Waals surface area contributed by atoms with E-state index < -0.39 is 6.04 Å². The van der Waals surface area contributed by atoms with Gasteiger partial charge in [-0.05, 0) is 32.4 Å². The lowest BCUT2D eigenvalue weighted by Gasteiger charge is -2.08. The monoisotopic (exact) mass is 340 g/mol. The van der Waals surface area contributed by atoms with Gasteiger partial charge in [-0.3, -0.25) is 10.1 Å². The second-order valence-electron chi connectivity index (χ2n) is 5.17. The second-order valence-corrected chi connectivity index (χ2v) is 6.15. The molecule has 1 aromatic carbocycles. The van der Waals surface area contributed by atoms with Gasteiger partial charge in [-0.15, -0.1) is 22.6 Å². The van der Waals surface area contributed by atoms with E-state index in [9.17, 15) is 4.79 Å². The van der Waals surface area contributed by atoms with Crippen LogP contribution in [0.5, 0.6) is 0 Å². The number of halogens is 1. The molecule has 3 N–H and O–H groups in total. The summed E-state index contributed by atoms with van der Waals surface area (Å²) in [5.74, 6) is -0.208. The van der Waals surface area contributed by atoms with E-state index in [1.165, 1.54) is 22.5 Å². The summed E-state index contributed by atoms with van der Waals surface area (Å²) in [6.07, 6.45) is 1.53. The van der Waals surface area contributed by atoms with Gasteiger partial charge in [0, 0.05) is 5.56 Å². The Hall–Kier alpha value is -1.50. The lowest BCUT2D eigenvalue weighted by atomic mass is 10.1. The molecule has 0 bridgehead atoms. The minimum absolute atomic E-state index is 0. The predicted molar refractivity (Wildman–Crippen MR) is 93.6 cm³/mol. The van der Waals surface area contributed by atoms with Crippen LogP contribution in [0.4, 0.5) is 5.13 Å². The molecule has 2 rings (SSSR count). The number of hydrogen-bond donors (Lipinski definition) is 2. The van der Waals surface area contributed by atoms with Gasteiger partial charge in [0.2, 0.25) is 11.0 Å². The van der Waals surface area contributed by atoms with Crippen LogP contribution in [-0.2, 0) is 4.79 Å². The summed E-state index contributed by atoms with van der Waals surface area (Å²) in [5, 5.41) is 12.2. The predicted octanol–water partition coefficient (Wildman–Crippen LogP) is 3.31. The first-order chi connectivity index (χ1) is 9.99. The molecular formula is C15H21ClN4OS. The fourth-order valence-electron chi connectivity index (χ4n) is 2.13. The van der Waals surface area contributed by atoms with Gasteiger partial charge in [0.15, 0.2) is 0 Å². The maximum Gasteiger partial charge on any atom is 0.243 e. The largest absolute Gasteiger partial charge is 0.320 e. The highest BCUT2D eigenvalue weighted by molar-refractivity contribution is 7.18. The molecule has 7 heteroatoms. The van der Waals surface area contributed by atoms with E-state index in [2.05, 4.69) is 33.7 Å². The Labute approximate surface area is 140 Å². The van der Waals surface area contributed by atoms with Crippen molar-refractivity contribution in [1.29, 1.82) is 0 Å². The SMILES string of the molecule is CCCC(N)C(=O)Nc1nnc(-c2cc(C)cc(C)c2)s1.Cl. The van der Waals surface area contributed by atoms with Gasteiger partial charge < -0.3 is 5.73 Å². The third-order valence-corrected chi connectivity index (χ3v) is 3.95. The van der Waals surface area contributed by atoms with Gasteiger partial charge in [-0.1, -0.05) is 41.9 Å². The fourth-order valence-corrected chi connectivity index (χ4v) is 2.86. The van der Waals surface area contributed by atoms with E-state index >= 15 is 0 Å². The minimum Gasteiger partial charge on any atom is -0.320 e. The van der Waals surface area contributed by atoms with Crippen molar-refractivity contribution in [3.8, 4) is 10.6 Å². The van der Waals surface area contributed by atoms with Gasteiger partial charge in [-0.25, -0.2) is 0 Å². The molecule has 0 aliphatic heterocycles. The lowest BCUT2D eigenvalue weighted by Crippen LogP contribution is -2.35. The van der Waals surface area contributed by atoms with Crippen molar-refractivity contribution in [1.82, 2.24) is 10.2 Å². The molecule has 0 aliphatic carbocycles. The number of carbonyl (C=O) groups excluding carboxylic acids is 1. The second kappa shape index (κ2) is 8.22. The zero-order chi connectivity index (χ0) is 15.4. The maximum absolute atomic E-state index is 11.9. The van der Waals surface area contributed by atoms with E-state index in [1.54, 1.807) is 0 Å². The van der Waals surface area contributed by atoms with Gasteiger partial charge in [0.05, 0.1) is 6.04 Å². The van der Waals surface area contributed by atoms with Crippen LogP contribution in [0.2, 0.25) is 0 Å². The third kappa shape index (κ3) is 4.76. The van der Waals surface area contributed by atoms with E-state index in [4.69, 9.17) is 5.73 Å². The number of carbonyl (C=O) groups is 1. The number of aromatic nitrogens is 2. The summed E-state index contributed by atoms with van der Waals surface area (Å²) in [4.78, 5) is 11.9. The standard InChI is InChI=1S/C15H20N4OS.ClH/c1-4-5-12(16)13(20)17-15-19-18-14(21-15)11-7-9(2)6-10(3)8-11;/h6-8,12H,4-5,16H2,1-3H3,(H,17,19,20);1H. The summed E-state index contributed by atoms with van der Waals surface area (Å²) in [5.41, 5.74) is 9.15. The number of anilines is 1. The molecule has 22 heavy (non-hydrogen) atoms. The fraction of sp³-hybridized carbons (Fsp3) is 0.400. The van der Waals surface area contributed by atoms with Crippen molar-refractivity contribution in [2.45, 2.75) is 39.7 Å². The van der Waals surface area contributed by atoms with E-state index in [0.717, 1.165) is 17.0 Å². The highest BCUT2D eigenvalue weighted by atomic mass is 35.5. The Balaban J connectivity index is 0.00000242. The summed E-state index contributed by atoms with van der Waals surface area (Å²) in [6.45, 7) is 6.09. The van der Waals surface area contributed by atoms with Crippen molar-refractivity contribution in [3.63, 3.8) is 0 Å². The Morgan fingerprint density at radius 1 is 1.27 bits per heavy atom. The first-order valence-corrected chi connectivity index (χ1v) is 7.80. The van der Waals surface area contributed by atoms with Crippen molar-refractivity contribution in [2.75, 3.05) is 5.32 Å². The molecule has 2 aromatic rings. The number of nitrogens with two attached hydrogens (primary N) is 1. The topological polar surface area (TPSA) is 80.9 Å². The molecule has 0 saturated carbocycles. The number of rotatable bonds is 5. The quantitative estimate of drug-likeness (QED) is 0.875. The molecule has 0 aliphatic rings. The highest BCUT2D eigenvalue weighted by Crippen LogP contribution is 2.27. The average molecular weight is 341 g/mol. The number of nitrogens with zero attached hydrogens (tertiary/aromatic N) is 2. The Kier molecular flexibility index (Phi) is 6.93. The normalized spacial score (nSPS) is 11.6. The first-order valence-electron chi connectivity index (χ1n) is 6.98. The Bertz CT molecular complexity index is 624. The van der Waals surface area contributed by atoms with Gasteiger partial charge in [0.1, 0.15) is 5.01 Å². The summed E-state index contributed by atoms with van der Waals surface area (Å²) < 4.78 is 0. The van der Waals surface area contributed by atoms with Crippen LogP contribution in [-0.4, -0.2) is 22.1 Å². The van der Waals surface area contributed by atoms with Crippen LogP contribution >= 0.6 is 23.7 Å². The van der Waals surface area contributed by atoms with Gasteiger partial charge in [0.25, 0.3) is 0 Å². The number of hydrogen-bond acceptors (Lipinski definition) is 5. The lowest BCUT2D eigenvalue weighted by molar-refractivity contribution is -0.117. The van der Waals surface area contributed by atoms with Crippen molar-refractivity contribution in [2.24, 2.45) is 5.73 Å². The van der Waals surface area contributed by atoms with Gasteiger partial charge in [-0.2, -0.15) is 0 Å². The Morgan fingerprint density at radius 3 is 2.50 bits per heavy atom. The number of amides is 1. The number of aryl methyl sites for hydroxylation is 2. The molecule has 0 spiro atoms. The summed E-state index contributed by atoms with van der Waals surface area (Å²) in [7, 11) is 0. The zero-order valence-electron chi connectivity index (χ0n) is 12.9. The van der Waals surface area contributed by atoms with Crippen LogP contribution in [0.15, 0.2) is 18.2 Å². The minimum atomic E-state index is -0.497. The summed E-state index contributed by atoms with van der Waals surface area (Å²) >= 11 is 1.36. The highest BCUT2D eigenvalue weighted by Gasteiger charge is 2.15. The molecule has 0 saturated heterocycles. The Morgan fingerprint density at radius 2 is 1.91 bits per heavy atom.